The molecule has 1 aromatic carbocycles. The smallest absolute Gasteiger partial charge is 0.240 e. The molecule has 20 heavy (non-hydrogen) atoms. The zero-order valence-electron chi connectivity index (χ0n) is 11.9. The predicted molar refractivity (Wildman–Crippen MR) is 79.2 cm³/mol. The number of benzene rings is 1. The molecule has 112 valence electrons. The van der Waals surface area contributed by atoms with Crippen LogP contribution in [-0.4, -0.2) is 31.7 Å². The van der Waals surface area contributed by atoms with Crippen LogP contribution in [0.1, 0.15) is 33.1 Å². The number of sulfonamides is 1. The van der Waals surface area contributed by atoms with Crippen LogP contribution in [-0.2, 0) is 10.0 Å². The summed E-state index contributed by atoms with van der Waals surface area (Å²) in [5.41, 5.74) is 0.610. The van der Waals surface area contributed by atoms with E-state index in [4.69, 9.17) is 0 Å². The zero-order valence-corrected chi connectivity index (χ0v) is 12.7. The Labute approximate surface area is 120 Å². The lowest BCUT2D eigenvalue weighted by Crippen LogP contribution is -2.48. The fraction of sp³-hybridized carbons (Fsp3) is 0.571. The Hall–Kier alpha value is -1.11. The number of hydrogen-bond donors (Lipinski definition) is 3. The van der Waals surface area contributed by atoms with Gasteiger partial charge in [-0.3, -0.25) is 0 Å². The van der Waals surface area contributed by atoms with Gasteiger partial charge < -0.3 is 10.4 Å². The standard InChI is InChI=1S/C14H22N2O3S/c1-11(2)16-20(18,19)13-6-4-12(5-7-13)15-14(10-17)8-3-9-14/h4-7,11,15-17H,3,8-10H2,1-2H3. The molecule has 3 N–H and O–H groups in total. The first-order valence-electron chi connectivity index (χ1n) is 6.88. The van der Waals surface area contributed by atoms with Gasteiger partial charge in [0.25, 0.3) is 0 Å². The third kappa shape index (κ3) is 3.31. The second kappa shape index (κ2) is 5.71. The first-order valence-corrected chi connectivity index (χ1v) is 8.37. The van der Waals surface area contributed by atoms with Crippen molar-refractivity contribution in [3.8, 4) is 0 Å². The third-order valence-corrected chi connectivity index (χ3v) is 5.25. The maximum Gasteiger partial charge on any atom is 0.240 e. The Morgan fingerprint density at radius 2 is 1.85 bits per heavy atom. The van der Waals surface area contributed by atoms with Gasteiger partial charge in [0, 0.05) is 11.7 Å². The summed E-state index contributed by atoms with van der Waals surface area (Å²) in [6.07, 6.45) is 3.00. The molecule has 0 amide bonds. The van der Waals surface area contributed by atoms with E-state index >= 15 is 0 Å². The van der Waals surface area contributed by atoms with E-state index in [0.29, 0.717) is 0 Å². The lowest BCUT2D eigenvalue weighted by Gasteiger charge is -2.41. The topological polar surface area (TPSA) is 78.4 Å². The normalized spacial score (nSPS) is 17.8. The molecular formula is C14H22N2O3S. The van der Waals surface area contributed by atoms with Gasteiger partial charge in [0.05, 0.1) is 17.0 Å². The molecule has 0 saturated heterocycles. The summed E-state index contributed by atoms with van der Waals surface area (Å²) < 4.78 is 26.5. The molecule has 6 heteroatoms. The van der Waals surface area contributed by atoms with Crippen LogP contribution in [0.4, 0.5) is 5.69 Å². The van der Waals surface area contributed by atoms with Crippen molar-refractivity contribution in [2.24, 2.45) is 0 Å². The third-order valence-electron chi connectivity index (χ3n) is 3.58. The maximum atomic E-state index is 12.0. The summed E-state index contributed by atoms with van der Waals surface area (Å²) in [6, 6.07) is 6.51. The molecule has 1 aliphatic carbocycles. The molecule has 0 spiro atoms. The summed E-state index contributed by atoms with van der Waals surface area (Å²) in [7, 11) is -3.44. The van der Waals surface area contributed by atoms with Crippen LogP contribution in [0.2, 0.25) is 0 Å². The predicted octanol–water partition coefficient (Wildman–Crippen LogP) is 1.70. The highest BCUT2D eigenvalue weighted by atomic mass is 32.2. The van der Waals surface area contributed by atoms with Crippen LogP contribution in [0, 0.1) is 0 Å². The van der Waals surface area contributed by atoms with Crippen molar-refractivity contribution in [3.05, 3.63) is 24.3 Å². The van der Waals surface area contributed by atoms with E-state index in [1.165, 1.54) is 0 Å². The lowest BCUT2D eigenvalue weighted by molar-refractivity contribution is 0.144. The highest BCUT2D eigenvalue weighted by molar-refractivity contribution is 7.89. The Morgan fingerprint density at radius 1 is 1.25 bits per heavy atom. The van der Waals surface area contributed by atoms with Gasteiger partial charge in [-0.2, -0.15) is 0 Å². The monoisotopic (exact) mass is 298 g/mol. The summed E-state index contributed by atoms with van der Waals surface area (Å²) in [5, 5.41) is 12.7. The Kier molecular flexibility index (Phi) is 4.36. The molecule has 1 aliphatic rings. The molecular weight excluding hydrogens is 276 g/mol. The first kappa shape index (κ1) is 15.3. The van der Waals surface area contributed by atoms with Gasteiger partial charge in [0.1, 0.15) is 0 Å². The molecule has 5 nitrogen and oxygen atoms in total. The molecule has 1 fully saturated rings. The fourth-order valence-corrected chi connectivity index (χ4v) is 3.58. The van der Waals surface area contributed by atoms with Crippen molar-refractivity contribution in [2.75, 3.05) is 11.9 Å². The minimum atomic E-state index is -3.44. The van der Waals surface area contributed by atoms with E-state index < -0.39 is 10.0 Å². The van der Waals surface area contributed by atoms with Crippen LogP contribution in [0.15, 0.2) is 29.2 Å². The number of rotatable bonds is 6. The molecule has 0 aliphatic heterocycles. The van der Waals surface area contributed by atoms with Crippen LogP contribution >= 0.6 is 0 Å². The molecule has 0 aromatic heterocycles. The van der Waals surface area contributed by atoms with Crippen molar-refractivity contribution in [1.82, 2.24) is 4.72 Å². The van der Waals surface area contributed by atoms with Gasteiger partial charge in [-0.25, -0.2) is 13.1 Å². The minimum absolute atomic E-state index is 0.0992. The Morgan fingerprint density at radius 3 is 2.25 bits per heavy atom. The van der Waals surface area contributed by atoms with Crippen LogP contribution in [0.3, 0.4) is 0 Å². The molecule has 1 aromatic rings. The van der Waals surface area contributed by atoms with E-state index in [9.17, 15) is 13.5 Å². The molecule has 1 saturated carbocycles. The molecule has 0 unspecified atom stereocenters. The van der Waals surface area contributed by atoms with Gasteiger partial charge in [-0.1, -0.05) is 0 Å². The highest BCUT2D eigenvalue weighted by Crippen LogP contribution is 2.34. The van der Waals surface area contributed by atoms with Crippen molar-refractivity contribution >= 4 is 15.7 Å². The Bertz CT molecular complexity index is 543. The van der Waals surface area contributed by atoms with Crippen molar-refractivity contribution in [1.29, 1.82) is 0 Å². The van der Waals surface area contributed by atoms with E-state index in [0.717, 1.165) is 24.9 Å². The average molecular weight is 298 g/mol. The van der Waals surface area contributed by atoms with Gasteiger partial charge in [0.15, 0.2) is 0 Å². The molecule has 2 rings (SSSR count). The summed E-state index contributed by atoms with van der Waals surface area (Å²) in [4.78, 5) is 0.253. The highest BCUT2D eigenvalue weighted by Gasteiger charge is 2.36. The molecule has 0 bridgehead atoms. The van der Waals surface area contributed by atoms with Crippen molar-refractivity contribution in [3.63, 3.8) is 0 Å². The first-order chi connectivity index (χ1) is 9.37. The van der Waals surface area contributed by atoms with Crippen molar-refractivity contribution in [2.45, 2.75) is 49.6 Å². The van der Waals surface area contributed by atoms with Gasteiger partial charge in [-0.05, 0) is 57.4 Å². The Balaban J connectivity index is 2.10. The van der Waals surface area contributed by atoms with Crippen molar-refractivity contribution < 1.29 is 13.5 Å². The molecule has 0 radical (unpaired) electrons. The van der Waals surface area contributed by atoms with Gasteiger partial charge in [0.2, 0.25) is 10.0 Å². The minimum Gasteiger partial charge on any atom is -0.394 e. The number of hydrogen-bond acceptors (Lipinski definition) is 4. The van der Waals surface area contributed by atoms with E-state index in [-0.39, 0.29) is 23.1 Å². The maximum absolute atomic E-state index is 12.0. The zero-order chi connectivity index (χ0) is 14.8. The fourth-order valence-electron chi connectivity index (χ4n) is 2.33. The van der Waals surface area contributed by atoms with E-state index in [2.05, 4.69) is 10.0 Å². The molecule has 0 atom stereocenters. The van der Waals surface area contributed by atoms with E-state index in [1.54, 1.807) is 38.1 Å². The average Bonchev–Trinajstić information content (AvgIpc) is 2.33. The molecule has 0 heterocycles. The van der Waals surface area contributed by atoms with Crippen LogP contribution in [0.25, 0.3) is 0 Å². The second-order valence-electron chi connectivity index (χ2n) is 5.72. The summed E-state index contributed by atoms with van der Waals surface area (Å²) in [5.74, 6) is 0. The summed E-state index contributed by atoms with van der Waals surface area (Å²) in [6.45, 7) is 3.67. The lowest BCUT2D eigenvalue weighted by atomic mass is 9.77. The van der Waals surface area contributed by atoms with Gasteiger partial charge >= 0.3 is 0 Å². The second-order valence-corrected chi connectivity index (χ2v) is 7.43. The number of aliphatic hydroxyl groups is 1. The SMILES string of the molecule is CC(C)NS(=O)(=O)c1ccc(NC2(CO)CCC2)cc1. The van der Waals surface area contributed by atoms with E-state index in [1.807, 2.05) is 0 Å². The van der Waals surface area contributed by atoms with Crippen LogP contribution < -0.4 is 10.0 Å². The number of anilines is 1. The summed E-state index contributed by atoms with van der Waals surface area (Å²) >= 11 is 0. The quantitative estimate of drug-likeness (QED) is 0.747. The van der Waals surface area contributed by atoms with Gasteiger partial charge in [-0.15, -0.1) is 0 Å². The largest absolute Gasteiger partial charge is 0.394 e. The number of aliphatic hydroxyl groups excluding tert-OH is 1. The van der Waals surface area contributed by atoms with Crippen LogP contribution in [0.5, 0.6) is 0 Å². The number of nitrogens with one attached hydrogen (secondary N) is 2.